The fraction of sp³-hybridized carbons (Fsp3) is 0.0667. The van der Waals surface area contributed by atoms with Gasteiger partial charge in [-0.1, -0.05) is 11.8 Å². The molecule has 2 aromatic rings. The summed E-state index contributed by atoms with van der Waals surface area (Å²) in [6.07, 6.45) is 0.942. The lowest BCUT2D eigenvalue weighted by molar-refractivity contribution is 0.102. The van der Waals surface area contributed by atoms with Crippen LogP contribution in [0.15, 0.2) is 36.5 Å². The third-order valence-electron chi connectivity index (χ3n) is 2.51. The van der Waals surface area contributed by atoms with Gasteiger partial charge in [0.15, 0.2) is 0 Å². The number of rotatable bonds is 2. The minimum absolute atomic E-state index is 0.0512. The summed E-state index contributed by atoms with van der Waals surface area (Å²) in [5.74, 6) is 3.53. The zero-order valence-corrected chi connectivity index (χ0v) is 10.9. The fourth-order valence-electron chi connectivity index (χ4n) is 1.55. The molecule has 4 nitrogen and oxygen atoms in total. The Kier molecular flexibility index (Phi) is 4.59. The topological polar surface area (TPSA) is 68.0 Å². The monoisotopic (exact) mass is 287 g/mol. The number of hydrogen-bond donors (Lipinski definition) is 2. The van der Waals surface area contributed by atoms with E-state index < -0.39 is 17.5 Å². The summed E-state index contributed by atoms with van der Waals surface area (Å²) in [7, 11) is 0. The van der Waals surface area contributed by atoms with Crippen LogP contribution in [-0.4, -0.2) is 17.4 Å². The number of aromatic nitrogens is 1. The number of hydrogen-bond acceptors (Lipinski definition) is 3. The molecule has 1 amide bonds. The quantitative estimate of drug-likeness (QED) is 0.829. The number of anilines is 1. The predicted molar refractivity (Wildman–Crippen MR) is 74.5 cm³/mol. The third kappa shape index (κ3) is 3.84. The van der Waals surface area contributed by atoms with Crippen molar-refractivity contribution in [2.24, 2.45) is 5.73 Å². The molecule has 1 aromatic heterocycles. The average molecular weight is 287 g/mol. The van der Waals surface area contributed by atoms with E-state index in [0.717, 1.165) is 12.3 Å². The first-order valence-corrected chi connectivity index (χ1v) is 6.01. The van der Waals surface area contributed by atoms with Crippen LogP contribution < -0.4 is 11.1 Å². The van der Waals surface area contributed by atoms with Gasteiger partial charge in [-0.3, -0.25) is 4.79 Å². The Morgan fingerprint density at radius 1 is 1.29 bits per heavy atom. The van der Waals surface area contributed by atoms with Crippen LogP contribution in [0.3, 0.4) is 0 Å². The van der Waals surface area contributed by atoms with E-state index in [2.05, 4.69) is 22.1 Å². The van der Waals surface area contributed by atoms with Crippen molar-refractivity contribution in [3.8, 4) is 11.8 Å². The lowest BCUT2D eigenvalue weighted by Crippen LogP contribution is -2.13. The highest BCUT2D eigenvalue weighted by Crippen LogP contribution is 2.14. The first-order chi connectivity index (χ1) is 10.1. The van der Waals surface area contributed by atoms with E-state index in [4.69, 9.17) is 5.73 Å². The van der Waals surface area contributed by atoms with E-state index in [1.165, 1.54) is 24.3 Å². The Labute approximate surface area is 120 Å². The zero-order chi connectivity index (χ0) is 15.2. The Morgan fingerprint density at radius 3 is 2.76 bits per heavy atom. The lowest BCUT2D eigenvalue weighted by atomic mass is 10.2. The molecule has 0 bridgehead atoms. The maximum Gasteiger partial charge on any atom is 0.274 e. The van der Waals surface area contributed by atoms with Crippen LogP contribution in [0.4, 0.5) is 14.5 Å². The number of carbonyl (C=O) groups is 1. The second-order valence-electron chi connectivity index (χ2n) is 4.02. The van der Waals surface area contributed by atoms with Crippen molar-refractivity contribution in [1.82, 2.24) is 4.98 Å². The van der Waals surface area contributed by atoms with Crippen molar-refractivity contribution < 1.29 is 13.6 Å². The maximum atomic E-state index is 13.5. The molecule has 1 aromatic carbocycles. The van der Waals surface area contributed by atoms with Gasteiger partial charge in [0, 0.05) is 5.69 Å². The normalized spacial score (nSPS) is 9.67. The zero-order valence-electron chi connectivity index (χ0n) is 10.9. The molecule has 21 heavy (non-hydrogen) atoms. The molecule has 0 atom stereocenters. The van der Waals surface area contributed by atoms with Gasteiger partial charge in [0.05, 0.1) is 18.3 Å². The second kappa shape index (κ2) is 6.59. The number of nitrogens with two attached hydrogens (primary N) is 1. The standard InChI is InChI=1S/C15H11F2N3O/c16-11-3-6-14(19-9-11)15(21)20-12-4-5-13(17)10(8-12)2-1-7-18/h3-6,8-9H,7,18H2,(H,20,21). The summed E-state index contributed by atoms with van der Waals surface area (Å²) in [6, 6.07) is 6.35. The molecular formula is C15H11F2N3O. The number of halogens is 2. The van der Waals surface area contributed by atoms with E-state index in [-0.39, 0.29) is 17.8 Å². The molecule has 106 valence electrons. The summed E-state index contributed by atoms with van der Waals surface area (Å²) in [6.45, 7) is 0.107. The van der Waals surface area contributed by atoms with Crippen molar-refractivity contribution in [1.29, 1.82) is 0 Å². The molecule has 0 aliphatic heterocycles. The van der Waals surface area contributed by atoms with Gasteiger partial charge in [-0.25, -0.2) is 13.8 Å². The van der Waals surface area contributed by atoms with Crippen LogP contribution in [0.2, 0.25) is 0 Å². The molecule has 0 unspecified atom stereocenters. The van der Waals surface area contributed by atoms with E-state index >= 15 is 0 Å². The van der Waals surface area contributed by atoms with Crippen LogP contribution >= 0.6 is 0 Å². The van der Waals surface area contributed by atoms with Gasteiger partial charge in [0.25, 0.3) is 5.91 Å². The van der Waals surface area contributed by atoms with Gasteiger partial charge in [-0.15, -0.1) is 0 Å². The summed E-state index contributed by atoms with van der Waals surface area (Å²) in [4.78, 5) is 15.5. The first kappa shape index (κ1) is 14.6. The highest BCUT2D eigenvalue weighted by molar-refractivity contribution is 6.02. The molecule has 0 aliphatic carbocycles. The fourth-order valence-corrected chi connectivity index (χ4v) is 1.55. The predicted octanol–water partition coefficient (Wildman–Crippen LogP) is 1.92. The first-order valence-electron chi connectivity index (χ1n) is 6.01. The van der Waals surface area contributed by atoms with Crippen LogP contribution in [0.25, 0.3) is 0 Å². The van der Waals surface area contributed by atoms with Crippen LogP contribution in [-0.2, 0) is 0 Å². The van der Waals surface area contributed by atoms with Gasteiger partial charge >= 0.3 is 0 Å². The molecule has 6 heteroatoms. The van der Waals surface area contributed by atoms with Crippen molar-refractivity contribution in [3.05, 3.63) is 59.4 Å². The van der Waals surface area contributed by atoms with Crippen molar-refractivity contribution in [3.63, 3.8) is 0 Å². The van der Waals surface area contributed by atoms with E-state index in [9.17, 15) is 13.6 Å². The molecule has 2 rings (SSSR count). The Morgan fingerprint density at radius 2 is 2.10 bits per heavy atom. The van der Waals surface area contributed by atoms with E-state index in [0.29, 0.717) is 5.69 Å². The molecule has 0 saturated heterocycles. The highest BCUT2D eigenvalue weighted by Gasteiger charge is 2.09. The van der Waals surface area contributed by atoms with Gasteiger partial charge < -0.3 is 11.1 Å². The van der Waals surface area contributed by atoms with Crippen LogP contribution in [0, 0.1) is 23.5 Å². The van der Waals surface area contributed by atoms with Crippen LogP contribution in [0.5, 0.6) is 0 Å². The molecule has 0 aliphatic rings. The van der Waals surface area contributed by atoms with Gasteiger partial charge in [-0.05, 0) is 30.3 Å². The smallest absolute Gasteiger partial charge is 0.274 e. The minimum Gasteiger partial charge on any atom is -0.321 e. The Balaban J connectivity index is 2.19. The summed E-state index contributed by atoms with van der Waals surface area (Å²) >= 11 is 0. The number of nitrogens with one attached hydrogen (secondary N) is 1. The number of benzene rings is 1. The number of pyridine rings is 1. The number of carbonyl (C=O) groups excluding carboxylic acids is 1. The maximum absolute atomic E-state index is 13.5. The largest absolute Gasteiger partial charge is 0.321 e. The second-order valence-corrected chi connectivity index (χ2v) is 4.02. The molecule has 0 saturated carbocycles. The third-order valence-corrected chi connectivity index (χ3v) is 2.51. The summed E-state index contributed by atoms with van der Waals surface area (Å²) in [5, 5.41) is 2.53. The number of amides is 1. The Bertz CT molecular complexity index is 718. The van der Waals surface area contributed by atoms with Gasteiger partial charge in [0.1, 0.15) is 17.3 Å². The van der Waals surface area contributed by atoms with E-state index in [1.54, 1.807) is 0 Å². The number of nitrogens with zero attached hydrogens (tertiary/aromatic N) is 1. The summed E-state index contributed by atoms with van der Waals surface area (Å²) in [5.41, 5.74) is 5.77. The highest BCUT2D eigenvalue weighted by atomic mass is 19.1. The Hall–Kier alpha value is -2.78. The van der Waals surface area contributed by atoms with Gasteiger partial charge in [0.2, 0.25) is 0 Å². The average Bonchev–Trinajstić information content (AvgIpc) is 2.48. The molecule has 0 spiro atoms. The molecule has 1 heterocycles. The van der Waals surface area contributed by atoms with Gasteiger partial charge in [-0.2, -0.15) is 0 Å². The van der Waals surface area contributed by atoms with E-state index in [1.807, 2.05) is 0 Å². The lowest BCUT2D eigenvalue weighted by Gasteiger charge is -2.05. The molecule has 3 N–H and O–H groups in total. The molecule has 0 radical (unpaired) electrons. The van der Waals surface area contributed by atoms with Crippen LogP contribution in [0.1, 0.15) is 16.1 Å². The minimum atomic E-state index is -0.535. The molecular weight excluding hydrogens is 276 g/mol. The van der Waals surface area contributed by atoms with Crippen molar-refractivity contribution in [2.45, 2.75) is 0 Å². The van der Waals surface area contributed by atoms with Crippen molar-refractivity contribution >= 4 is 11.6 Å². The van der Waals surface area contributed by atoms with Crippen molar-refractivity contribution in [2.75, 3.05) is 11.9 Å². The summed E-state index contributed by atoms with van der Waals surface area (Å²) < 4.78 is 26.2. The SMILES string of the molecule is NCC#Cc1cc(NC(=O)c2ccc(F)cn2)ccc1F. The molecule has 0 fully saturated rings.